The van der Waals surface area contributed by atoms with E-state index in [4.69, 9.17) is 0 Å². The molecule has 1 unspecified atom stereocenters. The van der Waals surface area contributed by atoms with Crippen LogP contribution in [0.2, 0.25) is 0 Å². The minimum atomic E-state index is -2.48. The maximum Gasteiger partial charge on any atom is 0.282 e. The second-order valence-corrected chi connectivity index (χ2v) is 3.95. The number of rotatable bonds is 2. The van der Waals surface area contributed by atoms with Crippen molar-refractivity contribution in [1.82, 2.24) is 15.1 Å². The lowest BCUT2D eigenvalue weighted by Gasteiger charge is -2.23. The van der Waals surface area contributed by atoms with Crippen LogP contribution in [0.5, 0.6) is 0 Å². The minimum absolute atomic E-state index is 0.0523. The molecule has 1 fully saturated rings. The molecule has 0 saturated carbocycles. The molecule has 2 rings (SSSR count). The first-order valence-corrected chi connectivity index (χ1v) is 5.23. The fourth-order valence-electron chi connectivity index (χ4n) is 2.08. The molecule has 1 saturated heterocycles. The first-order valence-electron chi connectivity index (χ1n) is 5.23. The summed E-state index contributed by atoms with van der Waals surface area (Å²) in [5.74, 6) is 0. The highest BCUT2D eigenvalue weighted by atomic mass is 19.3. The molecule has 15 heavy (non-hydrogen) atoms. The van der Waals surface area contributed by atoms with E-state index in [0.717, 1.165) is 25.8 Å². The van der Waals surface area contributed by atoms with Gasteiger partial charge >= 0.3 is 0 Å². The lowest BCUT2D eigenvalue weighted by Crippen LogP contribution is -2.27. The van der Waals surface area contributed by atoms with Crippen LogP contribution in [0.4, 0.5) is 8.78 Å². The monoisotopic (exact) mass is 215 g/mol. The van der Waals surface area contributed by atoms with E-state index in [1.54, 1.807) is 13.2 Å². The summed E-state index contributed by atoms with van der Waals surface area (Å²) in [6, 6.07) is 0.0523. The molecular weight excluding hydrogens is 200 g/mol. The Balaban J connectivity index is 2.25. The predicted molar refractivity (Wildman–Crippen MR) is 52.8 cm³/mol. The van der Waals surface area contributed by atoms with Gasteiger partial charge in [-0.2, -0.15) is 5.10 Å². The molecule has 0 spiro atoms. The maximum atomic E-state index is 12.7. The Morgan fingerprint density at radius 1 is 1.53 bits per heavy atom. The Bertz CT molecular complexity index is 329. The third-order valence-electron chi connectivity index (χ3n) is 2.78. The standard InChI is InChI=1S/C10H15F2N3/c1-15-6-7(9(14-15)10(11)12)8-4-2-3-5-13-8/h6,8,10,13H,2-5H2,1H3. The van der Waals surface area contributed by atoms with Gasteiger partial charge < -0.3 is 5.32 Å². The largest absolute Gasteiger partial charge is 0.310 e. The molecule has 84 valence electrons. The van der Waals surface area contributed by atoms with Crippen molar-refractivity contribution in [3.63, 3.8) is 0 Å². The highest BCUT2D eigenvalue weighted by molar-refractivity contribution is 5.22. The van der Waals surface area contributed by atoms with E-state index < -0.39 is 6.43 Å². The predicted octanol–water partition coefficient (Wildman–Crippen LogP) is 2.17. The van der Waals surface area contributed by atoms with Crippen molar-refractivity contribution in [2.75, 3.05) is 6.54 Å². The second kappa shape index (κ2) is 4.26. The topological polar surface area (TPSA) is 29.9 Å². The normalized spacial score (nSPS) is 22.3. The van der Waals surface area contributed by atoms with Crippen molar-refractivity contribution in [2.24, 2.45) is 7.05 Å². The zero-order valence-corrected chi connectivity index (χ0v) is 8.71. The minimum Gasteiger partial charge on any atom is -0.310 e. The summed E-state index contributed by atoms with van der Waals surface area (Å²) in [6.07, 6.45) is 2.36. The summed E-state index contributed by atoms with van der Waals surface area (Å²) in [5.41, 5.74) is 0.587. The lowest BCUT2D eigenvalue weighted by atomic mass is 9.98. The average Bonchev–Trinajstić information content (AvgIpc) is 2.62. The Kier molecular flexibility index (Phi) is 3.00. The zero-order valence-electron chi connectivity index (χ0n) is 8.71. The molecule has 5 heteroatoms. The summed E-state index contributed by atoms with van der Waals surface area (Å²) >= 11 is 0. The van der Waals surface area contributed by atoms with Crippen LogP contribution in [0.3, 0.4) is 0 Å². The van der Waals surface area contributed by atoms with E-state index in [9.17, 15) is 8.78 Å². The third kappa shape index (κ3) is 2.17. The third-order valence-corrected chi connectivity index (χ3v) is 2.78. The summed E-state index contributed by atoms with van der Waals surface area (Å²) in [5, 5.41) is 7.07. The second-order valence-electron chi connectivity index (χ2n) is 3.95. The summed E-state index contributed by atoms with van der Waals surface area (Å²) < 4.78 is 26.8. The van der Waals surface area contributed by atoms with Gasteiger partial charge in [0.25, 0.3) is 6.43 Å². The molecule has 0 bridgehead atoms. The van der Waals surface area contributed by atoms with Crippen molar-refractivity contribution in [3.8, 4) is 0 Å². The average molecular weight is 215 g/mol. The van der Waals surface area contributed by atoms with Gasteiger partial charge in [-0.3, -0.25) is 4.68 Å². The molecule has 0 radical (unpaired) electrons. The molecule has 0 aliphatic carbocycles. The van der Waals surface area contributed by atoms with Gasteiger partial charge in [0.1, 0.15) is 5.69 Å². The Morgan fingerprint density at radius 2 is 2.33 bits per heavy atom. The van der Waals surface area contributed by atoms with Crippen LogP contribution in [0, 0.1) is 0 Å². The molecule has 0 aromatic carbocycles. The zero-order chi connectivity index (χ0) is 10.8. The number of hydrogen-bond donors (Lipinski definition) is 1. The van der Waals surface area contributed by atoms with Gasteiger partial charge in [-0.15, -0.1) is 0 Å². The quantitative estimate of drug-likeness (QED) is 0.819. The molecule has 1 aliphatic rings. The summed E-state index contributed by atoms with van der Waals surface area (Å²) in [7, 11) is 1.68. The van der Waals surface area contributed by atoms with Gasteiger partial charge in [0.15, 0.2) is 0 Å². The van der Waals surface area contributed by atoms with Gasteiger partial charge in [0.05, 0.1) is 0 Å². The SMILES string of the molecule is Cn1cc(C2CCCCN2)c(C(F)F)n1. The van der Waals surface area contributed by atoms with Crippen LogP contribution >= 0.6 is 0 Å². The van der Waals surface area contributed by atoms with Crippen molar-refractivity contribution >= 4 is 0 Å². The first-order chi connectivity index (χ1) is 7.18. The number of aryl methyl sites for hydroxylation is 1. The number of aromatic nitrogens is 2. The molecule has 1 aromatic rings. The van der Waals surface area contributed by atoms with Crippen LogP contribution in [0.25, 0.3) is 0 Å². The van der Waals surface area contributed by atoms with E-state index in [1.165, 1.54) is 4.68 Å². The highest BCUT2D eigenvalue weighted by Gasteiger charge is 2.24. The number of halogens is 2. The van der Waals surface area contributed by atoms with E-state index in [1.807, 2.05) is 0 Å². The lowest BCUT2D eigenvalue weighted by molar-refractivity contribution is 0.143. The summed E-state index contributed by atoms with van der Waals surface area (Å²) in [4.78, 5) is 0. The molecular formula is C10H15F2N3. The first kappa shape index (κ1) is 10.5. The van der Waals surface area contributed by atoms with Crippen molar-refractivity contribution < 1.29 is 8.78 Å². The number of hydrogen-bond acceptors (Lipinski definition) is 2. The molecule has 3 nitrogen and oxygen atoms in total. The van der Waals surface area contributed by atoms with E-state index >= 15 is 0 Å². The van der Waals surface area contributed by atoms with Crippen LogP contribution in [0.1, 0.15) is 43.0 Å². The van der Waals surface area contributed by atoms with E-state index in [2.05, 4.69) is 10.4 Å². The molecule has 2 heterocycles. The van der Waals surface area contributed by atoms with Crippen molar-refractivity contribution in [3.05, 3.63) is 17.5 Å². The molecule has 1 aromatic heterocycles. The number of piperidine rings is 1. The van der Waals surface area contributed by atoms with E-state index in [-0.39, 0.29) is 11.7 Å². The summed E-state index contributed by atoms with van der Waals surface area (Å²) in [6.45, 7) is 0.905. The fourth-order valence-corrected chi connectivity index (χ4v) is 2.08. The molecule has 1 N–H and O–H groups in total. The maximum absolute atomic E-state index is 12.7. The van der Waals surface area contributed by atoms with Crippen LogP contribution < -0.4 is 5.32 Å². The van der Waals surface area contributed by atoms with Crippen molar-refractivity contribution in [2.45, 2.75) is 31.7 Å². The van der Waals surface area contributed by atoms with Gasteiger partial charge in [-0.05, 0) is 19.4 Å². The van der Waals surface area contributed by atoms with Gasteiger partial charge in [-0.25, -0.2) is 8.78 Å². The molecule has 1 aliphatic heterocycles. The Hall–Kier alpha value is -0.970. The van der Waals surface area contributed by atoms with Crippen LogP contribution in [0.15, 0.2) is 6.20 Å². The smallest absolute Gasteiger partial charge is 0.282 e. The Morgan fingerprint density at radius 3 is 2.93 bits per heavy atom. The Labute approximate surface area is 87.5 Å². The molecule has 0 amide bonds. The number of nitrogens with one attached hydrogen (secondary N) is 1. The molecule has 1 atom stereocenters. The highest BCUT2D eigenvalue weighted by Crippen LogP contribution is 2.30. The van der Waals surface area contributed by atoms with E-state index in [0.29, 0.717) is 5.56 Å². The van der Waals surface area contributed by atoms with Gasteiger partial charge in [-0.1, -0.05) is 6.42 Å². The number of nitrogens with zero attached hydrogens (tertiary/aromatic N) is 2. The fraction of sp³-hybridized carbons (Fsp3) is 0.700. The van der Waals surface area contributed by atoms with Crippen LogP contribution in [-0.2, 0) is 7.05 Å². The van der Waals surface area contributed by atoms with Gasteiger partial charge in [0.2, 0.25) is 0 Å². The van der Waals surface area contributed by atoms with Crippen molar-refractivity contribution in [1.29, 1.82) is 0 Å². The van der Waals surface area contributed by atoms with Crippen LogP contribution in [-0.4, -0.2) is 16.3 Å². The number of alkyl halides is 2. The van der Waals surface area contributed by atoms with Gasteiger partial charge in [0, 0.05) is 24.8 Å².